The molecule has 104 valence electrons. The molecule has 0 fully saturated rings. The Balaban J connectivity index is 2.28. The number of phenolic OH excluding ortho intramolecular Hbond substituents is 1. The summed E-state index contributed by atoms with van der Waals surface area (Å²) in [6.07, 6.45) is 0. The number of nitrogens with two attached hydrogens (primary N) is 1. The Morgan fingerprint density at radius 2 is 2.10 bits per heavy atom. The van der Waals surface area contributed by atoms with Crippen LogP contribution in [0.3, 0.4) is 0 Å². The SMILES string of the molecule is COc1cc(Br)cc(NC(=O)c2cccc(N)c2O)c1. The van der Waals surface area contributed by atoms with Gasteiger partial charge in [0.25, 0.3) is 5.91 Å². The van der Waals surface area contributed by atoms with Gasteiger partial charge in [-0.1, -0.05) is 22.0 Å². The molecule has 0 radical (unpaired) electrons. The van der Waals surface area contributed by atoms with E-state index in [1.807, 2.05) is 0 Å². The van der Waals surface area contributed by atoms with Crippen LogP contribution in [-0.2, 0) is 0 Å². The number of methoxy groups -OCH3 is 1. The van der Waals surface area contributed by atoms with Gasteiger partial charge in [0.15, 0.2) is 5.75 Å². The highest BCUT2D eigenvalue weighted by atomic mass is 79.9. The highest BCUT2D eigenvalue weighted by Gasteiger charge is 2.13. The van der Waals surface area contributed by atoms with Crippen LogP contribution in [-0.4, -0.2) is 18.1 Å². The first-order valence-corrected chi connectivity index (χ1v) is 6.54. The number of halogens is 1. The standard InChI is InChI=1S/C14H13BrN2O3/c1-20-10-6-8(15)5-9(7-10)17-14(19)11-3-2-4-12(16)13(11)18/h2-7,18H,16H2,1H3,(H,17,19). The van der Waals surface area contributed by atoms with Crippen molar-refractivity contribution in [2.24, 2.45) is 0 Å². The van der Waals surface area contributed by atoms with Crippen LogP contribution in [0.4, 0.5) is 11.4 Å². The fourth-order valence-electron chi connectivity index (χ4n) is 1.70. The molecule has 0 atom stereocenters. The molecule has 0 heterocycles. The molecule has 20 heavy (non-hydrogen) atoms. The van der Waals surface area contributed by atoms with Crippen molar-refractivity contribution in [2.75, 3.05) is 18.2 Å². The van der Waals surface area contributed by atoms with Crippen LogP contribution >= 0.6 is 15.9 Å². The van der Waals surface area contributed by atoms with Crippen LogP contribution in [0.2, 0.25) is 0 Å². The molecule has 2 aromatic carbocycles. The fourth-order valence-corrected chi connectivity index (χ4v) is 2.17. The predicted octanol–water partition coefficient (Wildman–Crippen LogP) is 3.00. The molecule has 0 aliphatic rings. The minimum atomic E-state index is -0.449. The Kier molecular flexibility index (Phi) is 4.14. The summed E-state index contributed by atoms with van der Waals surface area (Å²) >= 11 is 3.33. The molecule has 5 nitrogen and oxygen atoms in total. The smallest absolute Gasteiger partial charge is 0.259 e. The maximum atomic E-state index is 12.1. The number of hydrogen-bond acceptors (Lipinski definition) is 4. The monoisotopic (exact) mass is 336 g/mol. The second-order valence-electron chi connectivity index (χ2n) is 4.08. The van der Waals surface area contributed by atoms with Gasteiger partial charge in [0, 0.05) is 16.2 Å². The Morgan fingerprint density at radius 1 is 1.35 bits per heavy atom. The van der Waals surface area contributed by atoms with Crippen molar-refractivity contribution < 1.29 is 14.6 Å². The zero-order valence-corrected chi connectivity index (χ0v) is 12.3. The molecule has 0 aliphatic carbocycles. The highest BCUT2D eigenvalue weighted by molar-refractivity contribution is 9.10. The van der Waals surface area contributed by atoms with Crippen molar-refractivity contribution in [3.8, 4) is 11.5 Å². The van der Waals surface area contributed by atoms with Crippen LogP contribution in [0, 0.1) is 0 Å². The second-order valence-corrected chi connectivity index (χ2v) is 4.99. The Bertz CT molecular complexity index is 659. The quantitative estimate of drug-likeness (QED) is 0.594. The molecular weight excluding hydrogens is 324 g/mol. The molecule has 0 aliphatic heterocycles. The van der Waals surface area contributed by atoms with E-state index in [4.69, 9.17) is 10.5 Å². The minimum absolute atomic E-state index is 0.115. The van der Waals surface area contributed by atoms with Gasteiger partial charge >= 0.3 is 0 Å². The molecule has 0 saturated heterocycles. The minimum Gasteiger partial charge on any atom is -0.505 e. The highest BCUT2D eigenvalue weighted by Crippen LogP contribution is 2.27. The first-order valence-electron chi connectivity index (χ1n) is 5.74. The maximum Gasteiger partial charge on any atom is 0.259 e. The van der Waals surface area contributed by atoms with E-state index >= 15 is 0 Å². The van der Waals surface area contributed by atoms with Gasteiger partial charge in [-0.2, -0.15) is 0 Å². The van der Waals surface area contributed by atoms with Crippen molar-refractivity contribution in [2.45, 2.75) is 0 Å². The van der Waals surface area contributed by atoms with Gasteiger partial charge in [0.2, 0.25) is 0 Å². The number of benzene rings is 2. The molecule has 6 heteroatoms. The number of rotatable bonds is 3. The summed E-state index contributed by atoms with van der Waals surface area (Å²) in [6, 6.07) is 9.79. The van der Waals surface area contributed by atoms with Crippen LogP contribution in [0.25, 0.3) is 0 Å². The Hall–Kier alpha value is -2.21. The number of anilines is 2. The number of nitrogen functional groups attached to an aromatic ring is 1. The number of para-hydroxylation sites is 1. The number of nitrogens with one attached hydrogen (secondary N) is 1. The lowest BCUT2D eigenvalue weighted by Gasteiger charge is -2.10. The van der Waals surface area contributed by atoms with Crippen LogP contribution in [0.5, 0.6) is 11.5 Å². The van der Waals surface area contributed by atoms with E-state index in [1.54, 1.807) is 24.3 Å². The van der Waals surface area contributed by atoms with Gasteiger partial charge in [-0.15, -0.1) is 0 Å². The Morgan fingerprint density at radius 3 is 2.80 bits per heavy atom. The number of carbonyl (C=O) groups excluding carboxylic acids is 1. The van der Waals surface area contributed by atoms with Crippen LogP contribution in [0.1, 0.15) is 10.4 Å². The molecule has 1 amide bonds. The normalized spacial score (nSPS) is 10.1. The molecule has 2 rings (SSSR count). The molecule has 0 spiro atoms. The van der Waals surface area contributed by atoms with Crippen molar-refractivity contribution >= 4 is 33.2 Å². The number of aromatic hydroxyl groups is 1. The van der Waals surface area contributed by atoms with Gasteiger partial charge < -0.3 is 20.9 Å². The average Bonchev–Trinajstić information content (AvgIpc) is 2.41. The van der Waals surface area contributed by atoms with E-state index in [1.165, 1.54) is 19.2 Å². The number of ether oxygens (including phenoxy) is 1. The fraction of sp³-hybridized carbons (Fsp3) is 0.0714. The Labute approximate surface area is 124 Å². The molecular formula is C14H13BrN2O3. The van der Waals surface area contributed by atoms with Crippen molar-refractivity contribution in [1.29, 1.82) is 0 Å². The average molecular weight is 337 g/mol. The second kappa shape index (κ2) is 5.83. The molecule has 0 unspecified atom stereocenters. The largest absolute Gasteiger partial charge is 0.505 e. The third-order valence-corrected chi connectivity index (χ3v) is 3.13. The van der Waals surface area contributed by atoms with Crippen LogP contribution < -0.4 is 15.8 Å². The third kappa shape index (κ3) is 3.03. The van der Waals surface area contributed by atoms with Gasteiger partial charge in [0.05, 0.1) is 18.4 Å². The first-order chi connectivity index (χ1) is 9.51. The molecule has 0 saturated carbocycles. The van der Waals surface area contributed by atoms with Crippen molar-refractivity contribution in [1.82, 2.24) is 0 Å². The summed E-state index contributed by atoms with van der Waals surface area (Å²) in [6.45, 7) is 0. The van der Waals surface area contributed by atoms with E-state index < -0.39 is 5.91 Å². The number of carbonyl (C=O) groups is 1. The zero-order valence-electron chi connectivity index (χ0n) is 10.7. The number of phenols is 1. The van der Waals surface area contributed by atoms with Gasteiger partial charge in [-0.25, -0.2) is 0 Å². The topological polar surface area (TPSA) is 84.6 Å². The van der Waals surface area contributed by atoms with Gasteiger partial charge in [-0.3, -0.25) is 4.79 Å². The molecule has 2 aromatic rings. The predicted molar refractivity (Wildman–Crippen MR) is 81.2 cm³/mol. The summed E-state index contributed by atoms with van der Waals surface area (Å²) in [5, 5.41) is 12.5. The number of hydrogen-bond donors (Lipinski definition) is 3. The van der Waals surface area contributed by atoms with Gasteiger partial charge in [0.1, 0.15) is 5.75 Å². The van der Waals surface area contributed by atoms with E-state index in [0.29, 0.717) is 11.4 Å². The lowest BCUT2D eigenvalue weighted by molar-refractivity contribution is 0.102. The summed E-state index contributed by atoms with van der Waals surface area (Å²) in [4.78, 5) is 12.1. The maximum absolute atomic E-state index is 12.1. The lowest BCUT2D eigenvalue weighted by Crippen LogP contribution is -2.12. The summed E-state index contributed by atoms with van der Waals surface area (Å²) in [5.74, 6) is -0.0756. The van der Waals surface area contributed by atoms with E-state index in [2.05, 4.69) is 21.2 Å². The van der Waals surface area contributed by atoms with E-state index in [-0.39, 0.29) is 17.0 Å². The summed E-state index contributed by atoms with van der Waals surface area (Å²) in [7, 11) is 1.54. The van der Waals surface area contributed by atoms with Crippen molar-refractivity contribution in [3.05, 3.63) is 46.4 Å². The number of amides is 1. The summed E-state index contributed by atoms with van der Waals surface area (Å²) in [5.41, 5.74) is 6.38. The van der Waals surface area contributed by atoms with Gasteiger partial charge in [-0.05, 0) is 24.3 Å². The van der Waals surface area contributed by atoms with Crippen molar-refractivity contribution in [3.63, 3.8) is 0 Å². The van der Waals surface area contributed by atoms with E-state index in [0.717, 1.165) is 4.47 Å². The lowest BCUT2D eigenvalue weighted by atomic mass is 10.1. The molecule has 4 N–H and O–H groups in total. The molecule has 0 aromatic heterocycles. The first kappa shape index (κ1) is 14.2. The van der Waals surface area contributed by atoms with Crippen LogP contribution in [0.15, 0.2) is 40.9 Å². The van der Waals surface area contributed by atoms with E-state index in [9.17, 15) is 9.90 Å². The zero-order chi connectivity index (χ0) is 14.7. The summed E-state index contributed by atoms with van der Waals surface area (Å²) < 4.78 is 5.88. The molecule has 0 bridgehead atoms. The third-order valence-electron chi connectivity index (χ3n) is 2.68.